The number of aryl methyl sites for hydroxylation is 1. The Balaban J connectivity index is 0.000000344. The maximum absolute atomic E-state index is 3.89. The summed E-state index contributed by atoms with van der Waals surface area (Å²) in [6.45, 7) is 14.9. The van der Waals surface area contributed by atoms with E-state index in [1.54, 1.807) is 0 Å². The molecule has 1 aromatic carbocycles. The molecule has 0 aliphatic rings. The lowest BCUT2D eigenvalue weighted by molar-refractivity contribution is 0.427. The Hall–Kier alpha value is -1.04. The summed E-state index contributed by atoms with van der Waals surface area (Å²) in [7, 11) is 0. The first-order valence-corrected chi connectivity index (χ1v) is 7.78. The maximum atomic E-state index is 3.89. The Morgan fingerprint density at radius 3 is 1.89 bits per heavy atom. The van der Waals surface area contributed by atoms with Crippen molar-refractivity contribution in [2.45, 2.75) is 66.7 Å². The van der Waals surface area contributed by atoms with Crippen LogP contribution in [0.5, 0.6) is 0 Å². The fourth-order valence-corrected chi connectivity index (χ4v) is 2.42. The van der Waals surface area contributed by atoms with Gasteiger partial charge in [-0.1, -0.05) is 89.3 Å². The molecule has 0 heterocycles. The van der Waals surface area contributed by atoms with E-state index in [4.69, 9.17) is 0 Å². The Bertz CT molecular complexity index is 343. The van der Waals surface area contributed by atoms with Crippen molar-refractivity contribution in [3.8, 4) is 0 Å². The average Bonchev–Trinajstić information content (AvgIpc) is 2.39. The third-order valence-corrected chi connectivity index (χ3v) is 3.58. The summed E-state index contributed by atoms with van der Waals surface area (Å²) in [5, 5.41) is 0. The lowest BCUT2D eigenvalue weighted by Crippen LogP contribution is -1.96. The van der Waals surface area contributed by atoms with Crippen LogP contribution in [0.1, 0.15) is 70.9 Å². The monoisotopic (exact) mass is 260 g/mol. The van der Waals surface area contributed by atoms with Crippen LogP contribution < -0.4 is 0 Å². The third-order valence-electron chi connectivity index (χ3n) is 3.58. The highest BCUT2D eigenvalue weighted by Crippen LogP contribution is 2.16. The molecule has 0 N–H and O–H groups in total. The van der Waals surface area contributed by atoms with Crippen molar-refractivity contribution < 1.29 is 0 Å². The van der Waals surface area contributed by atoms with Crippen LogP contribution in [0, 0.1) is 12.8 Å². The summed E-state index contributed by atoms with van der Waals surface area (Å²) in [4.78, 5) is 0. The molecule has 0 fully saturated rings. The van der Waals surface area contributed by atoms with Gasteiger partial charge in [-0.2, -0.15) is 0 Å². The Morgan fingerprint density at radius 1 is 1.05 bits per heavy atom. The number of rotatable bonds is 6. The van der Waals surface area contributed by atoms with E-state index in [0.717, 1.165) is 11.5 Å². The predicted molar refractivity (Wildman–Crippen MR) is 89.5 cm³/mol. The highest BCUT2D eigenvalue weighted by molar-refractivity contribution is 5.63. The molecule has 0 atom stereocenters. The first-order chi connectivity index (χ1) is 9.06. The van der Waals surface area contributed by atoms with E-state index >= 15 is 0 Å². The van der Waals surface area contributed by atoms with E-state index in [1.165, 1.54) is 43.2 Å². The molecule has 0 aliphatic carbocycles. The molecule has 19 heavy (non-hydrogen) atoms. The molecule has 1 aromatic rings. The lowest BCUT2D eigenvalue weighted by Gasteiger charge is -2.10. The van der Waals surface area contributed by atoms with Gasteiger partial charge < -0.3 is 0 Å². The van der Waals surface area contributed by atoms with Crippen molar-refractivity contribution in [2.24, 2.45) is 5.92 Å². The van der Waals surface area contributed by atoms with E-state index in [-0.39, 0.29) is 0 Å². The van der Waals surface area contributed by atoms with Gasteiger partial charge >= 0.3 is 0 Å². The number of benzene rings is 1. The molecule has 0 amide bonds. The molecule has 0 saturated heterocycles. The third kappa shape index (κ3) is 7.87. The summed E-state index contributed by atoms with van der Waals surface area (Å²) >= 11 is 0. The van der Waals surface area contributed by atoms with Gasteiger partial charge in [-0.3, -0.25) is 0 Å². The van der Waals surface area contributed by atoms with Gasteiger partial charge in [-0.25, -0.2) is 0 Å². The highest BCUT2D eigenvalue weighted by Gasteiger charge is 2.01. The van der Waals surface area contributed by atoms with Gasteiger partial charge in [-0.15, -0.1) is 0 Å². The molecule has 108 valence electrons. The van der Waals surface area contributed by atoms with E-state index < -0.39 is 0 Å². The van der Waals surface area contributed by atoms with Gasteiger partial charge in [-0.05, 0) is 30.9 Å². The summed E-state index contributed by atoms with van der Waals surface area (Å²) in [5.74, 6) is 1.01. The zero-order valence-corrected chi connectivity index (χ0v) is 13.6. The largest absolute Gasteiger partial charge is 0.0955 e. The van der Waals surface area contributed by atoms with Crippen LogP contribution in [0.2, 0.25) is 0 Å². The van der Waals surface area contributed by atoms with Gasteiger partial charge in [0.1, 0.15) is 0 Å². The first kappa shape index (κ1) is 18.0. The first-order valence-electron chi connectivity index (χ1n) is 7.78. The van der Waals surface area contributed by atoms with E-state index in [2.05, 4.69) is 46.4 Å². The van der Waals surface area contributed by atoms with Crippen LogP contribution >= 0.6 is 0 Å². The molecule has 0 aliphatic heterocycles. The van der Waals surface area contributed by atoms with E-state index in [0.29, 0.717) is 0 Å². The number of hydrogen-bond donors (Lipinski definition) is 0. The molecule has 0 bridgehead atoms. The maximum Gasteiger partial charge on any atom is -0.0204 e. The molecule has 0 saturated carbocycles. The fraction of sp³-hybridized carbons (Fsp3) is 0.579. The second kappa shape index (κ2) is 10.8. The van der Waals surface area contributed by atoms with E-state index in [1.807, 2.05) is 19.1 Å². The van der Waals surface area contributed by atoms with Crippen LogP contribution in [0.25, 0.3) is 5.57 Å². The molecular formula is C19H32. The Labute approximate surface area is 120 Å². The van der Waals surface area contributed by atoms with Crippen LogP contribution in [0.3, 0.4) is 0 Å². The number of allylic oxidation sites excluding steroid dienone is 1. The fourth-order valence-electron chi connectivity index (χ4n) is 2.42. The molecule has 1 rings (SSSR count). The van der Waals surface area contributed by atoms with Crippen molar-refractivity contribution in [1.29, 1.82) is 0 Å². The van der Waals surface area contributed by atoms with E-state index in [9.17, 15) is 0 Å². The van der Waals surface area contributed by atoms with Crippen LogP contribution in [-0.4, -0.2) is 0 Å². The van der Waals surface area contributed by atoms with Crippen molar-refractivity contribution in [2.75, 3.05) is 0 Å². The lowest BCUT2D eigenvalue weighted by atomic mass is 9.96. The van der Waals surface area contributed by atoms with Gasteiger partial charge in [0.25, 0.3) is 0 Å². The SMILES string of the molecule is C=C(C)c1ccccc1C.CCCC(CC)CCC. The zero-order valence-electron chi connectivity index (χ0n) is 13.6. The summed E-state index contributed by atoms with van der Waals surface area (Å²) in [5.41, 5.74) is 3.70. The second-order valence-corrected chi connectivity index (χ2v) is 5.45. The summed E-state index contributed by atoms with van der Waals surface area (Å²) < 4.78 is 0. The van der Waals surface area contributed by atoms with Gasteiger partial charge in [0.15, 0.2) is 0 Å². The highest BCUT2D eigenvalue weighted by atomic mass is 14.1. The van der Waals surface area contributed by atoms with Crippen molar-refractivity contribution in [3.05, 3.63) is 42.0 Å². The molecule has 0 radical (unpaired) electrons. The van der Waals surface area contributed by atoms with Crippen molar-refractivity contribution >= 4 is 5.57 Å². The normalized spacial score (nSPS) is 10.0. The van der Waals surface area contributed by atoms with Crippen molar-refractivity contribution in [1.82, 2.24) is 0 Å². The number of hydrogen-bond acceptors (Lipinski definition) is 0. The molecule has 0 nitrogen and oxygen atoms in total. The Kier molecular flexibility index (Phi) is 10.2. The molecule has 0 heteroatoms. The molecule has 0 aromatic heterocycles. The molecule has 0 unspecified atom stereocenters. The van der Waals surface area contributed by atoms with Crippen LogP contribution in [0.4, 0.5) is 0 Å². The van der Waals surface area contributed by atoms with Gasteiger partial charge in [0, 0.05) is 0 Å². The quantitative estimate of drug-likeness (QED) is 0.537. The van der Waals surface area contributed by atoms with Crippen molar-refractivity contribution in [3.63, 3.8) is 0 Å². The van der Waals surface area contributed by atoms with Gasteiger partial charge in [0.05, 0.1) is 0 Å². The van der Waals surface area contributed by atoms with Crippen LogP contribution in [0.15, 0.2) is 30.8 Å². The Morgan fingerprint density at radius 2 is 1.58 bits per heavy atom. The minimum atomic E-state index is 1.01. The molecular weight excluding hydrogens is 228 g/mol. The predicted octanol–water partition coefficient (Wildman–Crippen LogP) is 6.64. The minimum Gasteiger partial charge on any atom is -0.0955 e. The standard InChI is InChI=1S/C10H12.C9H20/c1-8(2)10-7-5-4-6-9(10)3;1-4-7-9(6-3)8-5-2/h4-7H,1H2,2-3H3;9H,4-8H2,1-3H3. The average molecular weight is 260 g/mol. The summed E-state index contributed by atoms with van der Waals surface area (Å²) in [6, 6.07) is 8.28. The second-order valence-electron chi connectivity index (χ2n) is 5.45. The molecule has 0 spiro atoms. The summed E-state index contributed by atoms with van der Waals surface area (Å²) in [6.07, 6.45) is 6.97. The van der Waals surface area contributed by atoms with Gasteiger partial charge in [0.2, 0.25) is 0 Å². The smallest absolute Gasteiger partial charge is 0.0204 e. The zero-order chi connectivity index (χ0) is 14.7. The van der Waals surface area contributed by atoms with Crippen LogP contribution in [-0.2, 0) is 0 Å². The minimum absolute atomic E-state index is 1.01. The topological polar surface area (TPSA) is 0 Å².